The lowest BCUT2D eigenvalue weighted by Crippen LogP contribution is -2.17. The van der Waals surface area contributed by atoms with E-state index in [9.17, 15) is 13.2 Å². The SMILES string of the molecule is NCC(F)Cc1cc(F)cc(F)c1. The van der Waals surface area contributed by atoms with Gasteiger partial charge in [-0.1, -0.05) is 0 Å². The largest absolute Gasteiger partial charge is 0.328 e. The van der Waals surface area contributed by atoms with Crippen LogP contribution in [0, 0.1) is 11.6 Å². The van der Waals surface area contributed by atoms with E-state index in [4.69, 9.17) is 5.73 Å². The first-order valence-electron chi connectivity index (χ1n) is 3.91. The van der Waals surface area contributed by atoms with Crippen molar-refractivity contribution in [2.24, 2.45) is 5.73 Å². The van der Waals surface area contributed by atoms with Gasteiger partial charge in [0, 0.05) is 19.0 Å². The molecule has 0 saturated carbocycles. The van der Waals surface area contributed by atoms with Crippen LogP contribution in [0.25, 0.3) is 0 Å². The summed E-state index contributed by atoms with van der Waals surface area (Å²) in [7, 11) is 0. The molecule has 0 amide bonds. The van der Waals surface area contributed by atoms with Crippen LogP contribution in [0.1, 0.15) is 5.56 Å². The van der Waals surface area contributed by atoms with Crippen molar-refractivity contribution in [3.05, 3.63) is 35.4 Å². The Morgan fingerprint density at radius 1 is 1.15 bits per heavy atom. The molecule has 1 nitrogen and oxygen atoms in total. The Balaban J connectivity index is 2.77. The average molecular weight is 189 g/mol. The first-order chi connectivity index (χ1) is 6.11. The molecule has 0 fully saturated rings. The lowest BCUT2D eigenvalue weighted by molar-refractivity contribution is 0.339. The van der Waals surface area contributed by atoms with E-state index in [0.29, 0.717) is 0 Å². The third-order valence-corrected chi connectivity index (χ3v) is 1.64. The number of benzene rings is 1. The van der Waals surface area contributed by atoms with Gasteiger partial charge in [0.05, 0.1) is 0 Å². The fourth-order valence-corrected chi connectivity index (χ4v) is 1.07. The van der Waals surface area contributed by atoms with Crippen LogP contribution in [0.3, 0.4) is 0 Å². The van der Waals surface area contributed by atoms with Crippen molar-refractivity contribution in [1.82, 2.24) is 0 Å². The number of hydrogen-bond donors (Lipinski definition) is 1. The highest BCUT2D eigenvalue weighted by Crippen LogP contribution is 2.10. The Hall–Kier alpha value is -1.03. The minimum Gasteiger partial charge on any atom is -0.328 e. The van der Waals surface area contributed by atoms with Crippen molar-refractivity contribution in [3.8, 4) is 0 Å². The zero-order valence-electron chi connectivity index (χ0n) is 6.93. The summed E-state index contributed by atoms with van der Waals surface area (Å²) in [6, 6.07) is 2.95. The molecule has 0 aliphatic rings. The molecule has 0 saturated heterocycles. The van der Waals surface area contributed by atoms with Gasteiger partial charge in [0.25, 0.3) is 0 Å². The fourth-order valence-electron chi connectivity index (χ4n) is 1.07. The summed E-state index contributed by atoms with van der Waals surface area (Å²) in [5.41, 5.74) is 5.32. The molecule has 1 rings (SSSR count). The van der Waals surface area contributed by atoms with Gasteiger partial charge in [-0.2, -0.15) is 0 Å². The second-order valence-electron chi connectivity index (χ2n) is 2.81. The Bertz CT molecular complexity index is 268. The molecule has 0 aromatic heterocycles. The summed E-state index contributed by atoms with van der Waals surface area (Å²) in [6.07, 6.45) is -1.30. The highest BCUT2D eigenvalue weighted by molar-refractivity contribution is 5.18. The highest BCUT2D eigenvalue weighted by Gasteiger charge is 2.07. The van der Waals surface area contributed by atoms with Gasteiger partial charge in [0.1, 0.15) is 17.8 Å². The van der Waals surface area contributed by atoms with Crippen LogP contribution in [0.15, 0.2) is 18.2 Å². The lowest BCUT2D eigenvalue weighted by atomic mass is 10.1. The minimum atomic E-state index is -1.25. The van der Waals surface area contributed by atoms with Crippen LogP contribution in [-0.4, -0.2) is 12.7 Å². The Labute approximate surface area is 74.4 Å². The van der Waals surface area contributed by atoms with Gasteiger partial charge in [-0.15, -0.1) is 0 Å². The maximum Gasteiger partial charge on any atom is 0.126 e. The first kappa shape index (κ1) is 10.1. The third-order valence-electron chi connectivity index (χ3n) is 1.64. The molecule has 2 N–H and O–H groups in total. The van der Waals surface area contributed by atoms with Gasteiger partial charge >= 0.3 is 0 Å². The van der Waals surface area contributed by atoms with Crippen LogP contribution in [0.4, 0.5) is 13.2 Å². The fraction of sp³-hybridized carbons (Fsp3) is 0.333. The Kier molecular flexibility index (Phi) is 3.31. The van der Waals surface area contributed by atoms with Crippen molar-refractivity contribution in [3.63, 3.8) is 0 Å². The predicted molar refractivity (Wildman–Crippen MR) is 44.0 cm³/mol. The molecule has 0 spiro atoms. The van der Waals surface area contributed by atoms with Gasteiger partial charge in [-0.05, 0) is 17.7 Å². The normalized spacial score (nSPS) is 12.9. The van der Waals surface area contributed by atoms with Crippen LogP contribution in [0.2, 0.25) is 0 Å². The summed E-state index contributed by atoms with van der Waals surface area (Å²) in [5.74, 6) is -1.39. The van der Waals surface area contributed by atoms with Crippen molar-refractivity contribution in [1.29, 1.82) is 0 Å². The van der Waals surface area contributed by atoms with E-state index in [2.05, 4.69) is 0 Å². The first-order valence-corrected chi connectivity index (χ1v) is 3.91. The van der Waals surface area contributed by atoms with E-state index in [1.165, 1.54) is 0 Å². The zero-order valence-corrected chi connectivity index (χ0v) is 6.93. The Morgan fingerprint density at radius 2 is 1.69 bits per heavy atom. The van der Waals surface area contributed by atoms with Crippen molar-refractivity contribution >= 4 is 0 Å². The summed E-state index contributed by atoms with van der Waals surface area (Å²) >= 11 is 0. The smallest absolute Gasteiger partial charge is 0.126 e. The molecule has 0 radical (unpaired) electrons. The maximum absolute atomic E-state index is 12.7. The zero-order chi connectivity index (χ0) is 9.84. The average Bonchev–Trinajstić information content (AvgIpc) is 2.02. The molecule has 1 atom stereocenters. The van der Waals surface area contributed by atoms with Gasteiger partial charge < -0.3 is 5.73 Å². The standard InChI is InChI=1S/C9H10F3N/c10-7-1-6(2-8(11)4-7)3-9(12)5-13/h1-2,4,9H,3,5,13H2. The Morgan fingerprint density at radius 3 is 2.15 bits per heavy atom. The number of nitrogens with two attached hydrogens (primary N) is 1. The monoisotopic (exact) mass is 189 g/mol. The lowest BCUT2D eigenvalue weighted by Gasteiger charge is -2.05. The van der Waals surface area contributed by atoms with Crippen LogP contribution in [-0.2, 0) is 6.42 Å². The summed E-state index contributed by atoms with van der Waals surface area (Å²) < 4.78 is 37.9. The molecule has 0 aliphatic heterocycles. The molecule has 72 valence electrons. The molecular weight excluding hydrogens is 179 g/mol. The second kappa shape index (κ2) is 4.28. The molecule has 4 heteroatoms. The minimum absolute atomic E-state index is 0.0504. The second-order valence-corrected chi connectivity index (χ2v) is 2.81. The number of rotatable bonds is 3. The highest BCUT2D eigenvalue weighted by atomic mass is 19.1. The summed E-state index contributed by atoms with van der Waals surface area (Å²) in [6.45, 7) is -0.141. The molecule has 13 heavy (non-hydrogen) atoms. The van der Waals surface area contributed by atoms with E-state index >= 15 is 0 Å². The van der Waals surface area contributed by atoms with E-state index in [1.54, 1.807) is 0 Å². The van der Waals surface area contributed by atoms with E-state index in [0.717, 1.165) is 18.2 Å². The number of halogens is 3. The molecule has 1 unspecified atom stereocenters. The predicted octanol–water partition coefficient (Wildman–Crippen LogP) is 1.80. The topological polar surface area (TPSA) is 26.0 Å². The molecule has 0 bridgehead atoms. The number of alkyl halides is 1. The van der Waals surface area contributed by atoms with Crippen molar-refractivity contribution < 1.29 is 13.2 Å². The van der Waals surface area contributed by atoms with Gasteiger partial charge in [-0.25, -0.2) is 13.2 Å². The van der Waals surface area contributed by atoms with Gasteiger partial charge in [-0.3, -0.25) is 0 Å². The third kappa shape index (κ3) is 3.06. The molecule has 0 heterocycles. The van der Waals surface area contributed by atoms with Crippen LogP contribution in [0.5, 0.6) is 0 Å². The number of hydrogen-bond acceptors (Lipinski definition) is 1. The quantitative estimate of drug-likeness (QED) is 0.770. The van der Waals surface area contributed by atoms with Crippen LogP contribution >= 0.6 is 0 Å². The molecule has 0 aliphatic carbocycles. The van der Waals surface area contributed by atoms with E-state index in [1.807, 2.05) is 0 Å². The van der Waals surface area contributed by atoms with Crippen molar-refractivity contribution in [2.45, 2.75) is 12.6 Å². The van der Waals surface area contributed by atoms with Gasteiger partial charge in [0.15, 0.2) is 0 Å². The van der Waals surface area contributed by atoms with Crippen LogP contribution < -0.4 is 5.73 Å². The van der Waals surface area contributed by atoms with Crippen molar-refractivity contribution in [2.75, 3.05) is 6.54 Å². The summed E-state index contributed by atoms with van der Waals surface area (Å²) in [5, 5.41) is 0. The maximum atomic E-state index is 12.7. The molecule has 1 aromatic carbocycles. The van der Waals surface area contributed by atoms with E-state index < -0.39 is 17.8 Å². The molecule has 1 aromatic rings. The van der Waals surface area contributed by atoms with E-state index in [-0.39, 0.29) is 18.5 Å². The molecular formula is C9H10F3N. The van der Waals surface area contributed by atoms with Gasteiger partial charge in [0.2, 0.25) is 0 Å². The summed E-state index contributed by atoms with van der Waals surface area (Å²) in [4.78, 5) is 0.